The van der Waals surface area contributed by atoms with Crippen molar-refractivity contribution in [2.45, 2.75) is 58.5 Å². The van der Waals surface area contributed by atoms with Gasteiger partial charge >= 0.3 is 11.8 Å². The third-order valence-corrected chi connectivity index (χ3v) is 6.49. The Morgan fingerprint density at radius 1 is 1.25 bits per heavy atom. The maximum absolute atomic E-state index is 15.6. The second kappa shape index (κ2) is 11.3. The minimum absolute atomic E-state index is 0. The number of nitrogens with zero attached hydrogens (tertiary/aromatic N) is 4. The lowest BCUT2D eigenvalue weighted by Crippen LogP contribution is -2.44. The van der Waals surface area contributed by atoms with E-state index in [0.29, 0.717) is 28.6 Å². The summed E-state index contributed by atoms with van der Waals surface area (Å²) in [7, 11) is 1.97. The summed E-state index contributed by atoms with van der Waals surface area (Å²) in [6.07, 6.45) is 5.69. The van der Waals surface area contributed by atoms with E-state index >= 15 is 4.39 Å². The van der Waals surface area contributed by atoms with Gasteiger partial charge in [0.25, 0.3) is 0 Å². The van der Waals surface area contributed by atoms with Gasteiger partial charge in [0, 0.05) is 48.4 Å². The minimum Gasteiger partial charge on any atom is -0.368 e. The van der Waals surface area contributed by atoms with Crippen molar-refractivity contribution in [2.24, 2.45) is 0 Å². The van der Waals surface area contributed by atoms with Crippen molar-refractivity contribution in [3.8, 4) is 11.1 Å². The normalized spacial score (nSPS) is 15.9. The molecule has 1 fully saturated rings. The number of piperidine rings is 1. The molecule has 1 aliphatic heterocycles. The topological polar surface area (TPSA) is 96.2 Å². The standard InChI is InChI=1S/C26H33FN6O2.ClH/c1-16-17(13-30-23(34)24-31-25(32-35-24)26(2,3)4)8-9-20(22(16)27)19-10-11-29-14-21(19)33-12-6-7-18(15-33)28-5;/h8-11,14,18,28H,6-7,12-13,15H2,1-5H3,(H,30,34);1H. The number of aromatic nitrogens is 3. The Kier molecular flexibility index (Phi) is 8.68. The van der Waals surface area contributed by atoms with E-state index in [1.54, 1.807) is 19.2 Å². The van der Waals surface area contributed by atoms with Gasteiger partial charge < -0.3 is 20.1 Å². The van der Waals surface area contributed by atoms with Crippen molar-refractivity contribution in [3.63, 3.8) is 0 Å². The molecule has 194 valence electrons. The number of hydrogen-bond acceptors (Lipinski definition) is 7. The molecule has 3 aromatic rings. The Bertz CT molecular complexity index is 1210. The molecule has 8 nitrogen and oxygen atoms in total. The number of amides is 1. The summed E-state index contributed by atoms with van der Waals surface area (Å²) >= 11 is 0. The maximum Gasteiger partial charge on any atom is 0.315 e. The molecule has 3 heterocycles. The van der Waals surface area contributed by atoms with Crippen molar-refractivity contribution in [3.05, 3.63) is 59.3 Å². The smallest absolute Gasteiger partial charge is 0.315 e. The Hall–Kier alpha value is -3.04. The molecule has 1 aromatic carbocycles. The fraction of sp³-hybridized carbons (Fsp3) is 0.462. The molecule has 36 heavy (non-hydrogen) atoms. The van der Waals surface area contributed by atoms with Gasteiger partial charge in [-0.15, -0.1) is 12.4 Å². The monoisotopic (exact) mass is 516 g/mol. The number of likely N-dealkylation sites (N-methyl/N-ethyl adjacent to an activating group) is 1. The molecule has 0 aliphatic carbocycles. The molecule has 1 amide bonds. The van der Waals surface area contributed by atoms with Crippen LogP contribution in [0.4, 0.5) is 10.1 Å². The predicted molar refractivity (Wildman–Crippen MR) is 140 cm³/mol. The van der Waals surface area contributed by atoms with Crippen LogP contribution in [0.2, 0.25) is 0 Å². The molecule has 1 unspecified atom stereocenters. The molecule has 10 heteroatoms. The van der Waals surface area contributed by atoms with Crippen LogP contribution in [0.1, 0.15) is 61.2 Å². The largest absolute Gasteiger partial charge is 0.368 e. The zero-order valence-corrected chi connectivity index (χ0v) is 22.2. The highest BCUT2D eigenvalue weighted by atomic mass is 35.5. The molecule has 4 rings (SSSR count). The lowest BCUT2D eigenvalue weighted by atomic mass is 9.96. The highest BCUT2D eigenvalue weighted by Crippen LogP contribution is 2.35. The fourth-order valence-electron chi connectivity index (χ4n) is 4.29. The lowest BCUT2D eigenvalue weighted by Gasteiger charge is -2.35. The number of rotatable bonds is 6. The van der Waals surface area contributed by atoms with E-state index in [-0.39, 0.29) is 36.1 Å². The number of carbonyl (C=O) groups excluding carboxylic acids is 1. The molecule has 0 radical (unpaired) electrons. The van der Waals surface area contributed by atoms with Crippen LogP contribution < -0.4 is 15.5 Å². The van der Waals surface area contributed by atoms with Crippen molar-refractivity contribution >= 4 is 24.0 Å². The molecular weight excluding hydrogens is 483 g/mol. The first-order chi connectivity index (χ1) is 16.7. The Balaban J connectivity index is 0.00000361. The van der Waals surface area contributed by atoms with Crippen molar-refractivity contribution < 1.29 is 13.7 Å². The zero-order valence-electron chi connectivity index (χ0n) is 21.4. The summed E-state index contributed by atoms with van der Waals surface area (Å²) in [6, 6.07) is 5.87. The highest BCUT2D eigenvalue weighted by Gasteiger charge is 2.25. The first kappa shape index (κ1) is 27.5. The summed E-state index contributed by atoms with van der Waals surface area (Å²) < 4.78 is 20.7. The number of anilines is 1. The van der Waals surface area contributed by atoms with Crippen molar-refractivity contribution in [1.29, 1.82) is 0 Å². The van der Waals surface area contributed by atoms with E-state index < -0.39 is 5.91 Å². The Morgan fingerprint density at radius 3 is 2.72 bits per heavy atom. The summed E-state index contributed by atoms with van der Waals surface area (Å²) in [5.41, 5.74) is 3.10. The summed E-state index contributed by atoms with van der Waals surface area (Å²) in [4.78, 5) is 23.2. The van der Waals surface area contributed by atoms with E-state index in [1.807, 2.05) is 46.1 Å². The first-order valence-electron chi connectivity index (χ1n) is 12.0. The molecule has 0 saturated carbocycles. The maximum atomic E-state index is 15.6. The number of hydrogen-bond donors (Lipinski definition) is 2. The van der Waals surface area contributed by atoms with Gasteiger partial charge in [0.15, 0.2) is 5.82 Å². The Morgan fingerprint density at radius 2 is 2.03 bits per heavy atom. The average Bonchev–Trinajstić information content (AvgIpc) is 3.36. The van der Waals surface area contributed by atoms with Gasteiger partial charge in [-0.25, -0.2) is 4.39 Å². The SMILES string of the molecule is CNC1CCCN(c2cnccc2-c2ccc(CNC(=O)c3nc(C(C)(C)C)no3)c(C)c2F)C1.Cl. The quantitative estimate of drug-likeness (QED) is 0.500. The van der Waals surface area contributed by atoms with E-state index in [0.717, 1.165) is 37.2 Å². The van der Waals surface area contributed by atoms with Crippen molar-refractivity contribution in [1.82, 2.24) is 25.8 Å². The first-order valence-corrected chi connectivity index (χ1v) is 12.0. The van der Waals surface area contributed by atoms with Gasteiger partial charge in [0.1, 0.15) is 5.82 Å². The third-order valence-electron chi connectivity index (χ3n) is 6.49. The van der Waals surface area contributed by atoms with Crippen LogP contribution in [0.3, 0.4) is 0 Å². The van der Waals surface area contributed by atoms with Gasteiger partial charge in [0.05, 0.1) is 11.9 Å². The summed E-state index contributed by atoms with van der Waals surface area (Å²) in [6.45, 7) is 9.45. The minimum atomic E-state index is -0.488. The lowest BCUT2D eigenvalue weighted by molar-refractivity contribution is 0.0907. The third kappa shape index (κ3) is 5.84. The van der Waals surface area contributed by atoms with Crippen molar-refractivity contribution in [2.75, 3.05) is 25.0 Å². The predicted octanol–water partition coefficient (Wildman–Crippen LogP) is 4.42. The molecule has 2 N–H and O–H groups in total. The van der Waals surface area contributed by atoms with Gasteiger partial charge in [-0.05, 0) is 44.0 Å². The summed E-state index contributed by atoms with van der Waals surface area (Å²) in [5, 5.41) is 9.98. The molecule has 1 aliphatic rings. The van der Waals surface area contributed by atoms with Crippen LogP contribution in [0.25, 0.3) is 11.1 Å². The Labute approximate surface area is 217 Å². The number of benzene rings is 1. The average molecular weight is 517 g/mol. The number of halogens is 2. The second-order valence-corrected chi connectivity index (χ2v) is 10.0. The number of carbonyl (C=O) groups is 1. The van der Waals surface area contributed by atoms with Gasteiger partial charge in [0.2, 0.25) is 0 Å². The van der Waals surface area contributed by atoms with Gasteiger partial charge in [-0.3, -0.25) is 9.78 Å². The van der Waals surface area contributed by atoms with Crippen LogP contribution in [-0.4, -0.2) is 47.2 Å². The number of nitrogens with one attached hydrogen (secondary N) is 2. The van der Waals surface area contributed by atoms with Crippen LogP contribution in [0.15, 0.2) is 35.1 Å². The van der Waals surface area contributed by atoms with E-state index in [1.165, 1.54) is 0 Å². The molecule has 0 spiro atoms. The molecule has 1 atom stereocenters. The van der Waals surface area contributed by atoms with Gasteiger partial charge in [-0.2, -0.15) is 4.98 Å². The molecular formula is C26H34ClFN6O2. The van der Waals surface area contributed by atoms with Crippen LogP contribution in [0, 0.1) is 12.7 Å². The van der Waals surface area contributed by atoms with Crippen LogP contribution in [0.5, 0.6) is 0 Å². The highest BCUT2D eigenvalue weighted by molar-refractivity contribution is 5.89. The number of pyridine rings is 1. The van der Waals surface area contributed by atoms with E-state index in [4.69, 9.17) is 4.52 Å². The second-order valence-electron chi connectivity index (χ2n) is 10.0. The van der Waals surface area contributed by atoms with E-state index in [2.05, 4.69) is 30.7 Å². The molecule has 0 bridgehead atoms. The summed E-state index contributed by atoms with van der Waals surface area (Å²) in [5.74, 6) is -0.443. The zero-order chi connectivity index (χ0) is 25.2. The van der Waals surface area contributed by atoms with Gasteiger partial charge in [-0.1, -0.05) is 38.1 Å². The molecule has 2 aromatic heterocycles. The fourth-order valence-corrected chi connectivity index (χ4v) is 4.29. The van der Waals surface area contributed by atoms with Crippen LogP contribution in [-0.2, 0) is 12.0 Å². The van der Waals surface area contributed by atoms with E-state index in [9.17, 15) is 4.79 Å². The molecule has 1 saturated heterocycles. The van der Waals surface area contributed by atoms with Crippen LogP contribution >= 0.6 is 12.4 Å².